The predicted molar refractivity (Wildman–Crippen MR) is 90.1 cm³/mol. The first kappa shape index (κ1) is 17.2. The molecule has 1 aliphatic rings. The number of rotatable bonds is 6. The van der Waals surface area contributed by atoms with E-state index in [0.29, 0.717) is 28.7 Å². The lowest BCUT2D eigenvalue weighted by Crippen LogP contribution is -2.45. The third-order valence-electron chi connectivity index (χ3n) is 3.44. The Hall–Kier alpha value is -2.12. The lowest BCUT2D eigenvalue weighted by Gasteiger charge is -2.30. The van der Waals surface area contributed by atoms with Gasteiger partial charge in [-0.2, -0.15) is 0 Å². The van der Waals surface area contributed by atoms with E-state index in [9.17, 15) is 4.79 Å². The molecule has 0 aromatic heterocycles. The van der Waals surface area contributed by atoms with E-state index in [1.807, 2.05) is 24.3 Å². The molecule has 1 atom stereocenters. The fourth-order valence-electron chi connectivity index (χ4n) is 2.33. The molecule has 0 saturated carbocycles. The maximum Gasteiger partial charge on any atom is 0.338 e. The second-order valence-electron chi connectivity index (χ2n) is 4.98. The molecule has 124 valence electrons. The topological polar surface area (TPSA) is 68.8 Å². The average molecular weight is 336 g/mol. The average Bonchev–Trinajstić information content (AvgIpc) is 2.54. The number of thiocarbonyl (C=S) groups is 1. The number of methoxy groups -OCH3 is 2. The van der Waals surface area contributed by atoms with Gasteiger partial charge in [0.15, 0.2) is 5.11 Å². The molecule has 1 heterocycles. The zero-order chi connectivity index (χ0) is 16.8. The summed E-state index contributed by atoms with van der Waals surface area (Å²) in [5, 5.41) is 6.54. The molecule has 23 heavy (non-hydrogen) atoms. The van der Waals surface area contributed by atoms with Gasteiger partial charge in [0.25, 0.3) is 0 Å². The molecule has 0 spiro atoms. The Bertz CT molecular complexity index is 630. The minimum Gasteiger partial charge on any atom is -0.497 e. The number of carbonyl (C=O) groups is 1. The van der Waals surface area contributed by atoms with Crippen molar-refractivity contribution in [2.24, 2.45) is 0 Å². The zero-order valence-electron chi connectivity index (χ0n) is 13.3. The highest BCUT2D eigenvalue weighted by Crippen LogP contribution is 2.29. The van der Waals surface area contributed by atoms with Crippen molar-refractivity contribution < 1.29 is 19.0 Å². The molecule has 1 aromatic carbocycles. The van der Waals surface area contributed by atoms with Gasteiger partial charge in [-0.15, -0.1) is 0 Å². The Morgan fingerprint density at radius 2 is 2.09 bits per heavy atom. The lowest BCUT2D eigenvalue weighted by molar-refractivity contribution is -0.140. The van der Waals surface area contributed by atoms with Crippen LogP contribution < -0.4 is 15.4 Å². The molecular formula is C16H20N2O4S. The summed E-state index contributed by atoms with van der Waals surface area (Å²) in [4.78, 5) is 12.4. The van der Waals surface area contributed by atoms with Gasteiger partial charge in [-0.3, -0.25) is 0 Å². The molecule has 0 unspecified atom stereocenters. The fourth-order valence-corrected chi connectivity index (χ4v) is 2.60. The van der Waals surface area contributed by atoms with Gasteiger partial charge in [0.1, 0.15) is 12.4 Å². The van der Waals surface area contributed by atoms with E-state index in [-0.39, 0.29) is 6.61 Å². The second-order valence-corrected chi connectivity index (χ2v) is 5.38. The Morgan fingerprint density at radius 1 is 1.30 bits per heavy atom. The number of esters is 1. The molecule has 0 saturated heterocycles. The van der Waals surface area contributed by atoms with Crippen LogP contribution in [0.25, 0.3) is 0 Å². The Morgan fingerprint density at radius 3 is 2.78 bits per heavy atom. The number of carbonyl (C=O) groups excluding carboxylic acids is 1. The first-order valence-corrected chi connectivity index (χ1v) is 7.56. The molecule has 0 radical (unpaired) electrons. The number of allylic oxidation sites excluding steroid dienone is 1. The fraction of sp³-hybridized carbons (Fsp3) is 0.375. The summed E-state index contributed by atoms with van der Waals surface area (Å²) >= 11 is 5.21. The van der Waals surface area contributed by atoms with Crippen LogP contribution in [0.2, 0.25) is 0 Å². The first-order chi connectivity index (χ1) is 11.1. The molecule has 0 bridgehead atoms. The summed E-state index contributed by atoms with van der Waals surface area (Å²) in [5.74, 6) is 0.299. The Balaban J connectivity index is 2.32. The molecule has 1 aromatic rings. The van der Waals surface area contributed by atoms with E-state index >= 15 is 0 Å². The van der Waals surface area contributed by atoms with E-state index in [1.54, 1.807) is 21.1 Å². The number of hydrogen-bond acceptors (Lipinski definition) is 5. The van der Waals surface area contributed by atoms with Crippen molar-refractivity contribution in [3.05, 3.63) is 41.1 Å². The maximum absolute atomic E-state index is 12.4. The lowest BCUT2D eigenvalue weighted by atomic mass is 9.95. The van der Waals surface area contributed by atoms with Crippen molar-refractivity contribution >= 4 is 23.3 Å². The van der Waals surface area contributed by atoms with Crippen LogP contribution in [0, 0.1) is 0 Å². The molecule has 2 N–H and O–H groups in total. The summed E-state index contributed by atoms with van der Waals surface area (Å²) in [7, 11) is 3.15. The molecule has 0 fully saturated rings. The SMILES string of the molecule is COCCOC(=O)C1=C(C)NC(=S)N[C@@H]1c1cccc(OC)c1. The zero-order valence-corrected chi connectivity index (χ0v) is 14.2. The standard InChI is InChI=1S/C16H20N2O4S/c1-10-13(15(19)22-8-7-20-2)14(18-16(23)17-10)11-5-4-6-12(9-11)21-3/h4-6,9,14H,7-8H2,1-3H3,(H2,17,18,23)/t14-/m1/s1. The van der Waals surface area contributed by atoms with Crippen LogP contribution >= 0.6 is 12.2 Å². The predicted octanol–water partition coefficient (Wildman–Crippen LogP) is 1.68. The Labute approximate surface area is 140 Å². The van der Waals surface area contributed by atoms with Crippen LogP contribution in [-0.2, 0) is 14.3 Å². The minimum absolute atomic E-state index is 0.196. The van der Waals surface area contributed by atoms with Crippen LogP contribution in [0.4, 0.5) is 0 Å². The van der Waals surface area contributed by atoms with Gasteiger partial charge in [0, 0.05) is 12.8 Å². The number of nitrogens with one attached hydrogen (secondary N) is 2. The number of ether oxygens (including phenoxy) is 3. The van der Waals surface area contributed by atoms with Gasteiger partial charge in [-0.1, -0.05) is 12.1 Å². The van der Waals surface area contributed by atoms with E-state index in [2.05, 4.69) is 10.6 Å². The summed E-state index contributed by atoms with van der Waals surface area (Å²) in [6.07, 6.45) is 0. The van der Waals surface area contributed by atoms with Gasteiger partial charge in [0.05, 0.1) is 25.3 Å². The number of hydrogen-bond donors (Lipinski definition) is 2. The third kappa shape index (κ3) is 4.20. The summed E-state index contributed by atoms with van der Waals surface area (Å²) in [6, 6.07) is 7.08. The van der Waals surface area contributed by atoms with Crippen LogP contribution in [0.15, 0.2) is 35.5 Å². The van der Waals surface area contributed by atoms with E-state index < -0.39 is 12.0 Å². The molecule has 2 rings (SSSR count). The van der Waals surface area contributed by atoms with Crippen LogP contribution in [0.3, 0.4) is 0 Å². The van der Waals surface area contributed by atoms with Crippen molar-refractivity contribution in [1.29, 1.82) is 0 Å². The molecular weight excluding hydrogens is 316 g/mol. The number of benzene rings is 1. The highest BCUT2D eigenvalue weighted by molar-refractivity contribution is 7.80. The second kappa shape index (κ2) is 7.94. The highest BCUT2D eigenvalue weighted by atomic mass is 32.1. The van der Waals surface area contributed by atoms with Gasteiger partial charge in [-0.05, 0) is 36.8 Å². The highest BCUT2D eigenvalue weighted by Gasteiger charge is 2.31. The smallest absolute Gasteiger partial charge is 0.338 e. The normalized spacial score (nSPS) is 17.3. The van der Waals surface area contributed by atoms with Crippen molar-refractivity contribution in [2.75, 3.05) is 27.4 Å². The largest absolute Gasteiger partial charge is 0.497 e. The van der Waals surface area contributed by atoms with Crippen molar-refractivity contribution in [3.8, 4) is 5.75 Å². The minimum atomic E-state index is -0.408. The molecule has 0 aliphatic carbocycles. The molecule has 0 amide bonds. The van der Waals surface area contributed by atoms with Crippen molar-refractivity contribution in [1.82, 2.24) is 10.6 Å². The van der Waals surface area contributed by atoms with Crippen molar-refractivity contribution in [3.63, 3.8) is 0 Å². The van der Waals surface area contributed by atoms with Crippen LogP contribution in [-0.4, -0.2) is 38.5 Å². The molecule has 1 aliphatic heterocycles. The van der Waals surface area contributed by atoms with Crippen LogP contribution in [0.1, 0.15) is 18.5 Å². The van der Waals surface area contributed by atoms with Crippen LogP contribution in [0.5, 0.6) is 5.75 Å². The third-order valence-corrected chi connectivity index (χ3v) is 3.66. The van der Waals surface area contributed by atoms with Gasteiger partial charge in [0.2, 0.25) is 0 Å². The monoisotopic (exact) mass is 336 g/mol. The van der Waals surface area contributed by atoms with Gasteiger partial charge < -0.3 is 24.8 Å². The molecule has 7 heteroatoms. The van der Waals surface area contributed by atoms with E-state index in [4.69, 9.17) is 26.4 Å². The van der Waals surface area contributed by atoms with Crippen molar-refractivity contribution in [2.45, 2.75) is 13.0 Å². The van der Waals surface area contributed by atoms with Gasteiger partial charge in [-0.25, -0.2) is 4.79 Å². The maximum atomic E-state index is 12.4. The summed E-state index contributed by atoms with van der Waals surface area (Å²) < 4.78 is 15.4. The summed E-state index contributed by atoms with van der Waals surface area (Å²) in [5.41, 5.74) is 2.03. The quantitative estimate of drug-likeness (QED) is 0.465. The van der Waals surface area contributed by atoms with E-state index in [1.165, 1.54) is 0 Å². The molecule has 6 nitrogen and oxygen atoms in total. The summed E-state index contributed by atoms with van der Waals surface area (Å²) in [6.45, 7) is 2.34. The Kier molecular flexibility index (Phi) is 5.95. The van der Waals surface area contributed by atoms with Gasteiger partial charge >= 0.3 is 5.97 Å². The first-order valence-electron chi connectivity index (χ1n) is 7.15. The van der Waals surface area contributed by atoms with E-state index in [0.717, 1.165) is 5.56 Å².